The van der Waals surface area contributed by atoms with Gasteiger partial charge in [-0.25, -0.2) is 22.9 Å². The summed E-state index contributed by atoms with van der Waals surface area (Å²) in [7, 11) is 1.51. The van der Waals surface area contributed by atoms with Crippen LogP contribution < -0.4 is 32.5 Å². The maximum absolute atomic E-state index is 15.1. The number of nitrogens with one attached hydrogen (secondary N) is 4. The van der Waals surface area contributed by atoms with Crippen molar-refractivity contribution in [2.45, 2.75) is 25.8 Å². The van der Waals surface area contributed by atoms with Crippen molar-refractivity contribution in [1.29, 1.82) is 0 Å². The Morgan fingerprint density at radius 1 is 0.885 bits per heavy atom. The van der Waals surface area contributed by atoms with Crippen LogP contribution in [0.3, 0.4) is 0 Å². The van der Waals surface area contributed by atoms with Gasteiger partial charge in [0.2, 0.25) is 0 Å². The number of thiophene rings is 1. The molecule has 3 aromatic carbocycles. The van der Waals surface area contributed by atoms with Gasteiger partial charge in [-0.15, -0.1) is 11.3 Å². The summed E-state index contributed by atoms with van der Waals surface area (Å²) >= 11 is 1.17. The van der Waals surface area contributed by atoms with Crippen molar-refractivity contribution in [1.82, 2.24) is 30.1 Å². The highest BCUT2D eigenvalue weighted by molar-refractivity contribution is 7.17. The Labute approximate surface area is 301 Å². The largest absolute Gasteiger partial charge is 0.354 e. The van der Waals surface area contributed by atoms with Crippen molar-refractivity contribution in [2.75, 3.05) is 25.5 Å². The van der Waals surface area contributed by atoms with E-state index in [0.717, 1.165) is 4.57 Å². The smallest absolute Gasteiger partial charge is 0.341 e. The lowest BCUT2D eigenvalue weighted by Crippen LogP contribution is -2.38. The van der Waals surface area contributed by atoms with Gasteiger partial charge in [0.15, 0.2) is 0 Å². The number of fused-ring (bicyclic) bond motifs is 1. The predicted octanol–water partition coefficient (Wildman–Crippen LogP) is 5.49. The number of pyridine rings is 1. The van der Waals surface area contributed by atoms with E-state index in [1.165, 1.54) is 47.3 Å². The Balaban J connectivity index is 1.49. The van der Waals surface area contributed by atoms with Gasteiger partial charge in [-0.3, -0.25) is 19.1 Å². The fourth-order valence-corrected chi connectivity index (χ4v) is 7.20. The quantitative estimate of drug-likeness (QED) is 0.132. The Kier molecular flexibility index (Phi) is 11.0. The van der Waals surface area contributed by atoms with Crippen LogP contribution in [0.25, 0.3) is 21.6 Å². The average molecular weight is 724 g/mol. The first kappa shape index (κ1) is 35.8. The molecule has 3 amide bonds. The number of aromatic nitrogens is 3. The normalized spacial score (nSPS) is 11.7. The lowest BCUT2D eigenvalue weighted by molar-refractivity contribution is 0.0957. The van der Waals surface area contributed by atoms with Gasteiger partial charge in [0, 0.05) is 50.0 Å². The Bertz CT molecular complexity index is 2340. The molecule has 1 atom stereocenters. The van der Waals surface area contributed by atoms with Crippen LogP contribution in [0.4, 0.5) is 19.3 Å². The maximum Gasteiger partial charge on any atom is 0.341 e. The standard InChI is InChI=1S/C38H35F2N7O4S/c1-3-43-37(50)45-25-14-16-27(17-15-25)47-36-32(35(49)46(38(47)51)26-10-5-4-6-11-26)29(22-52-36)24(19-28-30(39)12-7-13-31(28)40)21-42-20-23-9-8-18-44-33(23)34(48)41-2/h4-18,22,24,42H,3,19-21H2,1-2H3,(H,41,48)(H2,43,45,50). The summed E-state index contributed by atoms with van der Waals surface area (Å²) in [6, 6.07) is 21.8. The van der Waals surface area contributed by atoms with Crippen molar-refractivity contribution >= 4 is 39.2 Å². The summed E-state index contributed by atoms with van der Waals surface area (Å²) in [6.07, 6.45) is 1.40. The molecule has 0 aliphatic rings. The monoisotopic (exact) mass is 723 g/mol. The highest BCUT2D eigenvalue weighted by atomic mass is 32.1. The van der Waals surface area contributed by atoms with Crippen molar-refractivity contribution < 1.29 is 18.4 Å². The molecular formula is C38H35F2N7O4S. The number of amides is 3. The van der Waals surface area contributed by atoms with Gasteiger partial charge in [-0.2, -0.15) is 0 Å². The number of hydrogen-bond acceptors (Lipinski definition) is 7. The van der Waals surface area contributed by atoms with E-state index in [1.54, 1.807) is 79.0 Å². The SMILES string of the molecule is CCNC(=O)Nc1ccc(-n2c(=O)n(-c3ccccc3)c(=O)c3c(C(CNCc4cccnc4C(=O)NC)Cc4c(F)cccc4F)csc32)cc1. The van der Waals surface area contributed by atoms with E-state index >= 15 is 8.78 Å². The molecule has 0 bridgehead atoms. The number of benzene rings is 3. The molecule has 0 aliphatic carbocycles. The molecule has 3 aromatic heterocycles. The first-order valence-corrected chi connectivity index (χ1v) is 17.4. The zero-order chi connectivity index (χ0) is 36.8. The lowest BCUT2D eigenvalue weighted by Gasteiger charge is -2.20. The molecule has 0 radical (unpaired) electrons. The van der Waals surface area contributed by atoms with Gasteiger partial charge in [-0.05, 0) is 84.4 Å². The summed E-state index contributed by atoms with van der Waals surface area (Å²) in [5.41, 5.74) is 1.26. The zero-order valence-corrected chi connectivity index (χ0v) is 29.1. The minimum Gasteiger partial charge on any atom is -0.354 e. The Morgan fingerprint density at radius 2 is 1.60 bits per heavy atom. The van der Waals surface area contributed by atoms with E-state index in [-0.39, 0.29) is 48.1 Å². The molecule has 6 rings (SSSR count). The van der Waals surface area contributed by atoms with Gasteiger partial charge < -0.3 is 21.3 Å². The third-order valence-electron chi connectivity index (χ3n) is 8.53. The highest BCUT2D eigenvalue weighted by Crippen LogP contribution is 2.33. The maximum atomic E-state index is 15.1. The van der Waals surface area contributed by atoms with Gasteiger partial charge in [0.25, 0.3) is 11.5 Å². The third kappa shape index (κ3) is 7.38. The minimum absolute atomic E-state index is 0.114. The van der Waals surface area contributed by atoms with Crippen LogP contribution in [0.2, 0.25) is 0 Å². The number of anilines is 1. The lowest BCUT2D eigenvalue weighted by atomic mass is 9.91. The van der Waals surface area contributed by atoms with Crippen LogP contribution in [0.1, 0.15) is 40.0 Å². The topological polar surface area (TPSA) is 139 Å². The van der Waals surface area contributed by atoms with Crippen LogP contribution in [0.5, 0.6) is 0 Å². The molecule has 11 nitrogen and oxygen atoms in total. The molecule has 14 heteroatoms. The average Bonchev–Trinajstić information content (AvgIpc) is 3.58. The molecule has 52 heavy (non-hydrogen) atoms. The molecule has 3 heterocycles. The second-order valence-electron chi connectivity index (χ2n) is 11.8. The summed E-state index contributed by atoms with van der Waals surface area (Å²) in [5.74, 6) is -2.47. The highest BCUT2D eigenvalue weighted by Gasteiger charge is 2.26. The predicted molar refractivity (Wildman–Crippen MR) is 198 cm³/mol. The number of carbonyl (C=O) groups is 2. The molecule has 6 aromatic rings. The molecule has 266 valence electrons. The first-order chi connectivity index (χ1) is 25.2. The number of rotatable bonds is 12. The minimum atomic E-state index is -0.723. The molecule has 0 aliphatic heterocycles. The van der Waals surface area contributed by atoms with Gasteiger partial charge >= 0.3 is 11.7 Å². The zero-order valence-electron chi connectivity index (χ0n) is 28.3. The summed E-state index contributed by atoms with van der Waals surface area (Å²) in [4.78, 5) is 57.8. The fraction of sp³-hybridized carbons (Fsp3) is 0.184. The van der Waals surface area contributed by atoms with Crippen molar-refractivity contribution in [3.05, 3.63) is 151 Å². The number of urea groups is 1. The van der Waals surface area contributed by atoms with E-state index in [4.69, 9.17) is 0 Å². The van der Waals surface area contributed by atoms with Gasteiger partial charge in [0.1, 0.15) is 22.2 Å². The molecule has 0 saturated carbocycles. The summed E-state index contributed by atoms with van der Waals surface area (Å²) in [5, 5.41) is 13.2. The van der Waals surface area contributed by atoms with Gasteiger partial charge in [-0.1, -0.05) is 30.3 Å². The number of carbonyl (C=O) groups excluding carboxylic acids is 2. The van der Waals surface area contributed by atoms with E-state index in [2.05, 4.69) is 26.3 Å². The second-order valence-corrected chi connectivity index (χ2v) is 12.7. The van der Waals surface area contributed by atoms with Crippen LogP contribution >= 0.6 is 11.3 Å². The van der Waals surface area contributed by atoms with Crippen molar-refractivity contribution in [3.63, 3.8) is 0 Å². The summed E-state index contributed by atoms with van der Waals surface area (Å²) < 4.78 is 32.8. The number of halogens is 2. The van der Waals surface area contributed by atoms with Crippen LogP contribution in [0, 0.1) is 11.6 Å². The Hall–Kier alpha value is -5.99. The fourth-order valence-electron chi connectivity index (χ4n) is 6.04. The van der Waals surface area contributed by atoms with Crippen LogP contribution in [0.15, 0.2) is 106 Å². The molecule has 1 unspecified atom stereocenters. The second kappa shape index (κ2) is 15.9. The Morgan fingerprint density at radius 3 is 2.29 bits per heavy atom. The van der Waals surface area contributed by atoms with E-state index in [0.29, 0.717) is 39.6 Å². The molecule has 0 saturated heterocycles. The molecule has 4 N–H and O–H groups in total. The van der Waals surface area contributed by atoms with Crippen LogP contribution in [-0.4, -0.2) is 46.2 Å². The molecule has 0 fully saturated rings. The summed E-state index contributed by atoms with van der Waals surface area (Å²) in [6.45, 7) is 2.59. The third-order valence-corrected chi connectivity index (χ3v) is 9.51. The number of nitrogens with zero attached hydrogens (tertiary/aromatic N) is 3. The van der Waals surface area contributed by atoms with E-state index in [1.807, 2.05) is 0 Å². The van der Waals surface area contributed by atoms with E-state index in [9.17, 15) is 19.2 Å². The number of hydrogen-bond donors (Lipinski definition) is 4. The van der Waals surface area contributed by atoms with Crippen LogP contribution in [-0.2, 0) is 13.0 Å². The van der Waals surface area contributed by atoms with Crippen molar-refractivity contribution in [2.24, 2.45) is 0 Å². The first-order valence-electron chi connectivity index (χ1n) is 16.5. The molecule has 0 spiro atoms. The van der Waals surface area contributed by atoms with Crippen molar-refractivity contribution in [3.8, 4) is 11.4 Å². The molecular weight excluding hydrogens is 689 g/mol. The van der Waals surface area contributed by atoms with Gasteiger partial charge in [0.05, 0.1) is 16.8 Å². The number of para-hydroxylation sites is 1. The van der Waals surface area contributed by atoms with E-state index < -0.39 is 28.8 Å².